The molecule has 0 atom stereocenters. The predicted molar refractivity (Wildman–Crippen MR) is 49.4 cm³/mol. The Hall–Kier alpha value is 2.67. The number of anilines is 3. The molecule has 1 heterocycles. The summed E-state index contributed by atoms with van der Waals surface area (Å²) < 4.78 is 21.2. The molecular weight excluding hydrogens is 386 g/mol. The van der Waals surface area contributed by atoms with Gasteiger partial charge in [-0.15, -0.1) is 0 Å². The first kappa shape index (κ1) is 35.7. The summed E-state index contributed by atoms with van der Waals surface area (Å²) in [5.41, 5.74) is 15.4. The van der Waals surface area contributed by atoms with E-state index in [0.717, 1.165) is 0 Å². The summed E-state index contributed by atoms with van der Waals surface area (Å²) in [6.07, 6.45) is 0. The van der Waals surface area contributed by atoms with E-state index in [1.807, 2.05) is 0 Å². The van der Waals surface area contributed by atoms with Crippen LogP contribution in [0.1, 0.15) is 0 Å². The average Bonchev–Trinajstić information content (AvgIpc) is 1.92. The number of nitrogens with two attached hydrogens (primary N) is 3. The van der Waals surface area contributed by atoms with Gasteiger partial charge in [0.05, 0.1) is 15.6 Å². The molecule has 0 bridgehead atoms. The van der Waals surface area contributed by atoms with Crippen molar-refractivity contribution in [3.05, 3.63) is 0 Å². The third-order valence-corrected chi connectivity index (χ3v) is 2.49. The zero-order valence-corrected chi connectivity index (χ0v) is 22.1. The van der Waals surface area contributed by atoms with Gasteiger partial charge in [0.15, 0.2) is 0 Å². The first-order valence-corrected chi connectivity index (χ1v) is 6.59. The van der Waals surface area contributed by atoms with Gasteiger partial charge in [-0.3, -0.25) is 0 Å². The molecule has 22 heavy (non-hydrogen) atoms. The topological polar surface area (TPSA) is 252 Å². The van der Waals surface area contributed by atoms with Crippen molar-refractivity contribution in [3.63, 3.8) is 0 Å². The van der Waals surface area contributed by atoms with E-state index in [-0.39, 0.29) is 136 Å². The van der Waals surface area contributed by atoms with Crippen LogP contribution in [0.4, 0.5) is 17.8 Å². The maximum absolute atomic E-state index is 9.32. The van der Waals surface area contributed by atoms with Crippen molar-refractivity contribution in [3.8, 4) is 0 Å². The first-order valence-electron chi connectivity index (χ1n) is 3.67. The van der Waals surface area contributed by atoms with Gasteiger partial charge >= 0.3 is 118 Å². The van der Waals surface area contributed by atoms with E-state index < -0.39 is 15.6 Å². The van der Waals surface area contributed by atoms with Crippen molar-refractivity contribution in [2.45, 2.75) is 0 Å². The maximum Gasteiger partial charge on any atom is 1.00 e. The minimum absolute atomic E-state index is 0. The molecule has 0 aliphatic rings. The Kier molecular flexibility index (Phi) is 25.8. The van der Waals surface area contributed by atoms with Crippen LogP contribution in [0.25, 0.3) is 0 Å². The summed E-state index contributed by atoms with van der Waals surface area (Å²) in [7, 11) is -11.4. The van der Waals surface area contributed by atoms with E-state index in [4.69, 9.17) is 17.2 Å². The predicted octanol–water partition coefficient (Wildman–Crippen LogP) is -16.7. The third-order valence-electron chi connectivity index (χ3n) is 0.887. The van der Waals surface area contributed by atoms with Crippen LogP contribution < -0.4 is 155 Å². The van der Waals surface area contributed by atoms with Crippen LogP contribution in [0.15, 0.2) is 0 Å². The fourth-order valence-electron chi connectivity index (χ4n) is 0.550. The average molecular weight is 392 g/mol. The van der Waals surface area contributed by atoms with Crippen LogP contribution in [-0.4, -0.2) is 15.0 Å². The fraction of sp³-hybridized carbons (Fsp3) is 0. The molecule has 0 unspecified atom stereocenters. The molecule has 6 N–H and O–H groups in total. The Labute approximate surface area is 213 Å². The zero-order chi connectivity index (χ0) is 14.6. The first-order chi connectivity index (χ1) is 7.89. The van der Waals surface area contributed by atoms with E-state index in [1.54, 1.807) is 0 Å². The smallest absolute Gasteiger partial charge is 0.790 e. The van der Waals surface area contributed by atoms with E-state index in [1.165, 1.54) is 0 Å². The SMILES string of the molecule is Nc1nc(N)nc(N)n1.O=P([O-])([O-])OP(=O)([O-])[O-].[Na+].[Na+].[Na+].[Na+]. The van der Waals surface area contributed by atoms with Crippen molar-refractivity contribution in [2.75, 3.05) is 17.2 Å². The largest absolute Gasteiger partial charge is 1.00 e. The van der Waals surface area contributed by atoms with Gasteiger partial charge in [0.1, 0.15) is 0 Å². The van der Waals surface area contributed by atoms with Gasteiger partial charge in [-0.05, 0) is 0 Å². The number of nitrogens with zero attached hydrogens (tertiary/aromatic N) is 3. The van der Waals surface area contributed by atoms with Crippen LogP contribution in [0, 0.1) is 0 Å². The van der Waals surface area contributed by atoms with Crippen LogP contribution in [-0.2, 0) is 13.4 Å². The molecule has 13 nitrogen and oxygen atoms in total. The summed E-state index contributed by atoms with van der Waals surface area (Å²) in [5, 5.41) is 0. The van der Waals surface area contributed by atoms with Crippen molar-refractivity contribution < 1.29 is 151 Å². The summed E-state index contributed by atoms with van der Waals surface area (Å²) in [6.45, 7) is 0. The Morgan fingerprint density at radius 3 is 0.955 bits per heavy atom. The van der Waals surface area contributed by atoms with Crippen molar-refractivity contribution in [2.24, 2.45) is 0 Å². The molecule has 0 aliphatic heterocycles. The molecular formula is C3H6N6Na4O7P2. The summed E-state index contributed by atoms with van der Waals surface area (Å²) in [6, 6.07) is 0. The Balaban J connectivity index is -0.0000000741. The zero-order valence-electron chi connectivity index (χ0n) is 12.3. The third kappa shape index (κ3) is 24.9. The van der Waals surface area contributed by atoms with Crippen LogP contribution in [0.5, 0.6) is 0 Å². The molecule has 1 aromatic heterocycles. The number of rotatable bonds is 2. The van der Waals surface area contributed by atoms with E-state index >= 15 is 0 Å². The monoisotopic (exact) mass is 392 g/mol. The molecule has 0 aromatic carbocycles. The minimum Gasteiger partial charge on any atom is -0.790 e. The molecule has 19 heteroatoms. The van der Waals surface area contributed by atoms with Crippen molar-refractivity contribution in [1.82, 2.24) is 15.0 Å². The van der Waals surface area contributed by atoms with Gasteiger partial charge in [0.25, 0.3) is 0 Å². The molecule has 1 rings (SSSR count). The van der Waals surface area contributed by atoms with E-state index in [9.17, 15) is 28.7 Å². The van der Waals surface area contributed by atoms with E-state index in [2.05, 4.69) is 19.3 Å². The van der Waals surface area contributed by atoms with Gasteiger partial charge in [0, 0.05) is 0 Å². The van der Waals surface area contributed by atoms with Crippen LogP contribution in [0.3, 0.4) is 0 Å². The molecule has 0 saturated carbocycles. The normalized spacial score (nSPS) is 9.45. The molecule has 0 aliphatic carbocycles. The molecule has 0 fully saturated rings. The molecule has 0 saturated heterocycles. The van der Waals surface area contributed by atoms with Gasteiger partial charge in [-0.25, -0.2) is 0 Å². The number of aromatic nitrogens is 3. The number of phosphoric acid groups is 2. The quantitative estimate of drug-likeness (QED) is 0.312. The molecule has 0 radical (unpaired) electrons. The minimum atomic E-state index is -5.68. The second kappa shape index (κ2) is 15.9. The second-order valence-electron chi connectivity index (χ2n) is 2.39. The molecule has 0 amide bonds. The number of hydrogen-bond acceptors (Lipinski definition) is 13. The standard InChI is InChI=1S/C3H6N6.4Na.H4O7P2/c4-1-7-2(5)9-3(6)8-1;;;;;1-8(2,3)7-9(4,5)6/h(H6,4,5,6,7,8,9);;;;;(H2,1,2,3)(H2,4,5,6)/q;4*+1;/p-4. The summed E-state index contributed by atoms with van der Waals surface area (Å²) in [5.74, 6) is 0.125. The molecule has 1 aromatic rings. The van der Waals surface area contributed by atoms with Crippen LogP contribution in [0.2, 0.25) is 0 Å². The van der Waals surface area contributed by atoms with Gasteiger partial charge in [0.2, 0.25) is 17.8 Å². The summed E-state index contributed by atoms with van der Waals surface area (Å²) in [4.78, 5) is 47.8. The Morgan fingerprint density at radius 2 is 0.864 bits per heavy atom. The van der Waals surface area contributed by atoms with Gasteiger partial charge < -0.3 is 50.2 Å². The van der Waals surface area contributed by atoms with Gasteiger partial charge in [-0.1, -0.05) is 0 Å². The second-order valence-corrected chi connectivity index (χ2v) is 4.83. The molecule has 0 spiro atoms. The van der Waals surface area contributed by atoms with Gasteiger partial charge in [-0.2, -0.15) is 15.0 Å². The van der Waals surface area contributed by atoms with Crippen LogP contribution >= 0.6 is 15.6 Å². The maximum atomic E-state index is 9.32. The van der Waals surface area contributed by atoms with Crippen molar-refractivity contribution >= 4 is 33.5 Å². The summed E-state index contributed by atoms with van der Waals surface area (Å²) >= 11 is 0. The Bertz CT molecular complexity index is 441. The number of hydrogen-bond donors (Lipinski definition) is 3. The number of nitrogen functional groups attached to an aromatic ring is 3. The van der Waals surface area contributed by atoms with Crippen molar-refractivity contribution in [1.29, 1.82) is 0 Å². The molecule has 104 valence electrons. The Morgan fingerprint density at radius 1 is 0.682 bits per heavy atom. The fourth-order valence-corrected chi connectivity index (χ4v) is 1.53. The van der Waals surface area contributed by atoms with E-state index in [0.29, 0.717) is 0 Å².